The normalized spacial score (nSPS) is 15.2. The van der Waals surface area contributed by atoms with Gasteiger partial charge >= 0.3 is 0 Å². The zero-order chi connectivity index (χ0) is 20.1. The van der Waals surface area contributed by atoms with E-state index in [2.05, 4.69) is 10.6 Å². The van der Waals surface area contributed by atoms with E-state index in [9.17, 15) is 18.0 Å². The predicted octanol–water partition coefficient (Wildman–Crippen LogP) is 3.52. The minimum atomic E-state index is -3.69. The summed E-state index contributed by atoms with van der Waals surface area (Å²) >= 11 is 1.10. The number of carbonyl (C=O) groups is 2. The zero-order valence-electron chi connectivity index (χ0n) is 15.6. The number of piperidine rings is 1. The summed E-state index contributed by atoms with van der Waals surface area (Å²) in [5.41, 5.74) is 1.05. The quantitative estimate of drug-likeness (QED) is 0.746. The SMILES string of the molecule is CCC(=O)Nc1cccc(NC(=O)c2sccc2S(=O)(=O)N2CCCCC2)c1. The lowest BCUT2D eigenvalue weighted by Gasteiger charge is -2.25. The third-order valence-electron chi connectivity index (χ3n) is 4.49. The van der Waals surface area contributed by atoms with Gasteiger partial charge in [0.1, 0.15) is 9.77 Å². The number of benzene rings is 1. The van der Waals surface area contributed by atoms with Gasteiger partial charge < -0.3 is 10.6 Å². The standard InChI is InChI=1S/C19H23N3O4S2/c1-2-17(23)20-14-7-6-8-15(13-14)21-19(24)18-16(9-12-27-18)28(25,26)22-10-4-3-5-11-22/h6-9,12-13H,2-5,10-11H2,1H3,(H,20,23)(H,21,24). The lowest BCUT2D eigenvalue weighted by Crippen LogP contribution is -2.36. The molecule has 0 saturated carbocycles. The Bertz CT molecular complexity index is 963. The molecule has 150 valence electrons. The van der Waals surface area contributed by atoms with Crippen molar-refractivity contribution in [3.8, 4) is 0 Å². The summed E-state index contributed by atoms with van der Waals surface area (Å²) in [6.07, 6.45) is 3.04. The lowest BCUT2D eigenvalue weighted by atomic mass is 10.2. The molecule has 1 aromatic carbocycles. The fraction of sp³-hybridized carbons (Fsp3) is 0.368. The van der Waals surface area contributed by atoms with E-state index in [0.717, 1.165) is 30.6 Å². The zero-order valence-corrected chi connectivity index (χ0v) is 17.2. The number of carbonyl (C=O) groups excluding carboxylic acids is 2. The molecule has 0 unspecified atom stereocenters. The molecule has 9 heteroatoms. The third kappa shape index (κ3) is 4.60. The molecular weight excluding hydrogens is 398 g/mol. The topological polar surface area (TPSA) is 95.6 Å². The Morgan fingerprint density at radius 2 is 1.75 bits per heavy atom. The van der Waals surface area contributed by atoms with Crippen LogP contribution in [0.5, 0.6) is 0 Å². The van der Waals surface area contributed by atoms with Gasteiger partial charge in [-0.1, -0.05) is 19.4 Å². The maximum atomic E-state index is 12.9. The van der Waals surface area contributed by atoms with E-state index in [-0.39, 0.29) is 15.7 Å². The highest BCUT2D eigenvalue weighted by Gasteiger charge is 2.31. The van der Waals surface area contributed by atoms with Crippen molar-refractivity contribution < 1.29 is 18.0 Å². The molecule has 2 aromatic rings. The van der Waals surface area contributed by atoms with Crippen molar-refractivity contribution in [1.29, 1.82) is 0 Å². The highest BCUT2D eigenvalue weighted by Crippen LogP contribution is 2.28. The van der Waals surface area contributed by atoms with E-state index in [1.54, 1.807) is 36.6 Å². The van der Waals surface area contributed by atoms with Gasteiger partial charge in [-0.2, -0.15) is 4.31 Å². The van der Waals surface area contributed by atoms with Crippen LogP contribution in [0.2, 0.25) is 0 Å². The molecular formula is C19H23N3O4S2. The van der Waals surface area contributed by atoms with Gasteiger partial charge in [0.2, 0.25) is 15.9 Å². The van der Waals surface area contributed by atoms with Gasteiger partial charge in [-0.25, -0.2) is 8.42 Å². The van der Waals surface area contributed by atoms with Crippen LogP contribution in [0.1, 0.15) is 42.3 Å². The first-order chi connectivity index (χ1) is 13.4. The fourth-order valence-electron chi connectivity index (χ4n) is 3.02. The van der Waals surface area contributed by atoms with Crippen LogP contribution in [-0.2, 0) is 14.8 Å². The van der Waals surface area contributed by atoms with E-state index < -0.39 is 15.9 Å². The van der Waals surface area contributed by atoms with Crippen molar-refractivity contribution in [2.75, 3.05) is 23.7 Å². The number of thiophene rings is 1. The molecule has 1 saturated heterocycles. The smallest absolute Gasteiger partial charge is 0.267 e. The average molecular weight is 422 g/mol. The van der Waals surface area contributed by atoms with Gasteiger partial charge in [-0.15, -0.1) is 11.3 Å². The molecule has 1 fully saturated rings. The number of hydrogen-bond donors (Lipinski definition) is 2. The maximum Gasteiger partial charge on any atom is 0.267 e. The van der Waals surface area contributed by atoms with Crippen molar-refractivity contribution in [2.24, 2.45) is 0 Å². The van der Waals surface area contributed by atoms with E-state index >= 15 is 0 Å². The molecule has 7 nitrogen and oxygen atoms in total. The van der Waals surface area contributed by atoms with Gasteiger partial charge in [0.05, 0.1) is 0 Å². The molecule has 0 spiro atoms. The summed E-state index contributed by atoms with van der Waals surface area (Å²) < 4.78 is 27.3. The van der Waals surface area contributed by atoms with Crippen LogP contribution in [-0.4, -0.2) is 37.6 Å². The number of anilines is 2. The van der Waals surface area contributed by atoms with Crippen LogP contribution >= 0.6 is 11.3 Å². The second kappa shape index (κ2) is 8.85. The Labute approximate surface area is 168 Å². The molecule has 0 radical (unpaired) electrons. The minimum absolute atomic E-state index is 0.0485. The van der Waals surface area contributed by atoms with E-state index in [4.69, 9.17) is 0 Å². The van der Waals surface area contributed by atoms with Crippen molar-refractivity contribution in [2.45, 2.75) is 37.5 Å². The molecule has 0 bridgehead atoms. The summed E-state index contributed by atoms with van der Waals surface area (Å²) in [7, 11) is -3.69. The predicted molar refractivity (Wildman–Crippen MR) is 110 cm³/mol. The van der Waals surface area contributed by atoms with Crippen molar-refractivity contribution in [3.63, 3.8) is 0 Å². The lowest BCUT2D eigenvalue weighted by molar-refractivity contribution is -0.115. The summed E-state index contributed by atoms with van der Waals surface area (Å²) in [6.45, 7) is 2.72. The highest BCUT2D eigenvalue weighted by atomic mass is 32.2. The molecule has 2 amide bonds. The van der Waals surface area contributed by atoms with Gasteiger partial charge in [0.25, 0.3) is 5.91 Å². The number of nitrogens with one attached hydrogen (secondary N) is 2. The third-order valence-corrected chi connectivity index (χ3v) is 7.48. The van der Waals surface area contributed by atoms with Crippen LogP contribution in [0.15, 0.2) is 40.6 Å². The Balaban J connectivity index is 1.79. The van der Waals surface area contributed by atoms with E-state index in [0.29, 0.717) is 30.9 Å². The highest BCUT2D eigenvalue weighted by molar-refractivity contribution is 7.89. The Kier molecular flexibility index (Phi) is 6.48. The maximum absolute atomic E-state index is 12.9. The van der Waals surface area contributed by atoms with Crippen molar-refractivity contribution in [1.82, 2.24) is 4.31 Å². The van der Waals surface area contributed by atoms with Gasteiger partial charge in [0, 0.05) is 30.9 Å². The Morgan fingerprint density at radius 1 is 1.07 bits per heavy atom. The second-order valence-corrected chi connectivity index (χ2v) is 9.34. The van der Waals surface area contributed by atoms with Gasteiger partial charge in [-0.3, -0.25) is 9.59 Å². The molecule has 0 aliphatic carbocycles. The molecule has 0 atom stereocenters. The number of rotatable bonds is 6. The Hall–Kier alpha value is -2.23. The van der Waals surface area contributed by atoms with Crippen molar-refractivity contribution >= 4 is 44.5 Å². The molecule has 3 rings (SSSR count). The average Bonchev–Trinajstić information content (AvgIpc) is 3.20. The van der Waals surface area contributed by atoms with Gasteiger partial charge in [0.15, 0.2) is 0 Å². The van der Waals surface area contributed by atoms with E-state index in [1.165, 1.54) is 10.4 Å². The fourth-order valence-corrected chi connectivity index (χ4v) is 5.84. The van der Waals surface area contributed by atoms with Gasteiger partial charge in [-0.05, 0) is 42.5 Å². The molecule has 1 aliphatic rings. The Morgan fingerprint density at radius 3 is 2.43 bits per heavy atom. The largest absolute Gasteiger partial charge is 0.326 e. The summed E-state index contributed by atoms with van der Waals surface area (Å²) in [5.74, 6) is -0.610. The summed E-state index contributed by atoms with van der Waals surface area (Å²) in [4.78, 5) is 24.5. The van der Waals surface area contributed by atoms with Crippen LogP contribution in [0.4, 0.5) is 11.4 Å². The van der Waals surface area contributed by atoms with Crippen LogP contribution in [0.3, 0.4) is 0 Å². The monoisotopic (exact) mass is 421 g/mol. The minimum Gasteiger partial charge on any atom is -0.326 e. The van der Waals surface area contributed by atoms with Crippen LogP contribution in [0.25, 0.3) is 0 Å². The summed E-state index contributed by atoms with van der Waals surface area (Å²) in [5, 5.41) is 7.07. The number of nitrogens with zero attached hydrogens (tertiary/aromatic N) is 1. The molecule has 1 aromatic heterocycles. The van der Waals surface area contributed by atoms with Crippen LogP contribution < -0.4 is 10.6 Å². The second-order valence-electron chi connectivity index (χ2n) is 6.52. The summed E-state index contributed by atoms with van der Waals surface area (Å²) in [6, 6.07) is 8.24. The molecule has 2 heterocycles. The first-order valence-electron chi connectivity index (χ1n) is 9.20. The number of amides is 2. The first kappa shape index (κ1) is 20.5. The first-order valence-corrected chi connectivity index (χ1v) is 11.5. The van der Waals surface area contributed by atoms with Crippen molar-refractivity contribution in [3.05, 3.63) is 40.6 Å². The van der Waals surface area contributed by atoms with E-state index in [1.807, 2.05) is 0 Å². The molecule has 2 N–H and O–H groups in total. The molecule has 28 heavy (non-hydrogen) atoms. The molecule has 1 aliphatic heterocycles. The van der Waals surface area contributed by atoms with Crippen LogP contribution in [0, 0.1) is 0 Å². The number of sulfonamides is 1. The number of hydrogen-bond acceptors (Lipinski definition) is 5.